The van der Waals surface area contributed by atoms with Gasteiger partial charge in [0.15, 0.2) is 0 Å². The Morgan fingerprint density at radius 3 is 2.34 bits per heavy atom. The lowest BCUT2D eigenvalue weighted by Crippen LogP contribution is -2.53. The van der Waals surface area contributed by atoms with Crippen molar-refractivity contribution in [2.45, 2.75) is 37.6 Å². The molecule has 0 unspecified atom stereocenters. The molecule has 1 aromatic heterocycles. The summed E-state index contributed by atoms with van der Waals surface area (Å²) in [5.74, 6) is 1.54. The number of benzene rings is 2. The summed E-state index contributed by atoms with van der Waals surface area (Å²) in [6.45, 7) is 3.41. The van der Waals surface area contributed by atoms with Crippen molar-refractivity contribution in [3.8, 4) is 11.1 Å². The van der Waals surface area contributed by atoms with Crippen LogP contribution in [0.5, 0.6) is 0 Å². The summed E-state index contributed by atoms with van der Waals surface area (Å²) in [6.07, 6.45) is 7.62. The normalized spacial score (nSPS) is 21.5. The van der Waals surface area contributed by atoms with Crippen molar-refractivity contribution in [2.24, 2.45) is 16.8 Å². The Labute approximate surface area is 258 Å². The largest absolute Gasteiger partial charge is 0.342 e. The molecule has 3 amide bonds. The highest BCUT2D eigenvalue weighted by Gasteiger charge is 2.51. The Hall–Kier alpha value is -4.11. The Morgan fingerprint density at radius 1 is 0.886 bits per heavy atom. The van der Waals surface area contributed by atoms with Crippen LogP contribution in [0.4, 0.5) is 0 Å². The van der Waals surface area contributed by atoms with Crippen molar-refractivity contribution in [1.29, 1.82) is 0 Å². The van der Waals surface area contributed by atoms with E-state index in [1.807, 2.05) is 52.2 Å². The molecular formula is C35H40N6O3. The highest BCUT2D eigenvalue weighted by Crippen LogP contribution is 2.38. The summed E-state index contributed by atoms with van der Waals surface area (Å²) in [7, 11) is 3.78. The number of piperidine rings is 1. The highest BCUT2D eigenvalue weighted by molar-refractivity contribution is 6.15. The molecule has 2 saturated heterocycles. The number of amidine groups is 1. The van der Waals surface area contributed by atoms with E-state index in [4.69, 9.17) is 4.99 Å². The minimum atomic E-state index is -0.850. The highest BCUT2D eigenvalue weighted by atomic mass is 16.2. The van der Waals surface area contributed by atoms with Crippen LogP contribution in [0.2, 0.25) is 0 Å². The minimum Gasteiger partial charge on any atom is -0.342 e. The standard InChI is InChI=1S/C35H40N6O3/c1-38(2)23-31(42)39-17-13-35(14-18-39)34(44)41(22-24-12-16-40(21-24)33(43)27-7-8-27)32(37-35)26-5-3-25(4-6-26)28-9-10-30-20-36-15-11-29(30)19-28/h3-6,9-11,15,19-20,24,27H,7-8,12-14,16-18,21-23H2,1-2H3/t24-/m1/s1. The second-order valence-corrected chi connectivity index (χ2v) is 13.2. The van der Waals surface area contributed by atoms with Gasteiger partial charge in [0.1, 0.15) is 11.4 Å². The Bertz CT molecular complexity index is 1620. The lowest BCUT2D eigenvalue weighted by atomic mass is 9.87. The van der Waals surface area contributed by atoms with Gasteiger partial charge in [-0.05, 0) is 80.8 Å². The predicted molar refractivity (Wildman–Crippen MR) is 170 cm³/mol. The van der Waals surface area contributed by atoms with E-state index in [1.165, 1.54) is 0 Å². The molecule has 9 heteroatoms. The van der Waals surface area contributed by atoms with Gasteiger partial charge in [-0.15, -0.1) is 0 Å². The monoisotopic (exact) mass is 592 g/mol. The number of carbonyl (C=O) groups is 3. The fourth-order valence-corrected chi connectivity index (χ4v) is 6.97. The van der Waals surface area contributed by atoms with E-state index in [0.717, 1.165) is 53.3 Å². The molecule has 2 aromatic carbocycles. The number of fused-ring (bicyclic) bond motifs is 1. The topological polar surface area (TPSA) is 89.4 Å². The van der Waals surface area contributed by atoms with Gasteiger partial charge >= 0.3 is 0 Å². The molecule has 3 fully saturated rings. The average Bonchev–Trinajstić information content (AvgIpc) is 3.73. The number of aliphatic imine (C=N–C) groups is 1. The van der Waals surface area contributed by atoms with Crippen LogP contribution in [-0.4, -0.2) is 107 Å². The van der Waals surface area contributed by atoms with Crippen LogP contribution in [0.15, 0.2) is 65.9 Å². The first-order valence-electron chi connectivity index (χ1n) is 15.9. The summed E-state index contributed by atoms with van der Waals surface area (Å²) in [6, 6.07) is 16.7. The number of likely N-dealkylation sites (tertiary alicyclic amines) is 2. The Balaban J connectivity index is 1.14. The van der Waals surface area contributed by atoms with Crippen LogP contribution >= 0.6 is 0 Å². The first kappa shape index (κ1) is 28.6. The Morgan fingerprint density at radius 2 is 1.61 bits per heavy atom. The maximum atomic E-state index is 14.3. The number of carbonyl (C=O) groups excluding carboxylic acids is 3. The number of hydrogen-bond donors (Lipinski definition) is 0. The van der Waals surface area contributed by atoms with E-state index < -0.39 is 5.54 Å². The lowest BCUT2D eigenvalue weighted by Gasteiger charge is -2.37. The van der Waals surface area contributed by atoms with E-state index in [2.05, 4.69) is 47.4 Å². The molecule has 228 valence electrons. The van der Waals surface area contributed by atoms with E-state index in [9.17, 15) is 14.4 Å². The first-order valence-corrected chi connectivity index (χ1v) is 15.9. The van der Waals surface area contributed by atoms with Gasteiger partial charge < -0.3 is 14.7 Å². The second kappa shape index (κ2) is 11.4. The van der Waals surface area contributed by atoms with Crippen molar-refractivity contribution in [2.75, 3.05) is 53.4 Å². The lowest BCUT2D eigenvalue weighted by molar-refractivity contribution is -0.138. The summed E-state index contributed by atoms with van der Waals surface area (Å²) < 4.78 is 0. The maximum absolute atomic E-state index is 14.3. The van der Waals surface area contributed by atoms with Crippen LogP contribution < -0.4 is 0 Å². The van der Waals surface area contributed by atoms with Crippen LogP contribution in [0, 0.1) is 11.8 Å². The third kappa shape index (κ3) is 5.49. The number of likely N-dealkylation sites (N-methyl/N-ethyl adjacent to an activating group) is 1. The van der Waals surface area contributed by atoms with Gasteiger partial charge in [0.2, 0.25) is 11.8 Å². The number of aromatic nitrogens is 1. The molecular weight excluding hydrogens is 552 g/mol. The summed E-state index contributed by atoms with van der Waals surface area (Å²) >= 11 is 0. The van der Waals surface area contributed by atoms with Gasteiger partial charge in [0.05, 0.1) is 6.54 Å². The zero-order valence-electron chi connectivity index (χ0n) is 25.6. The van der Waals surface area contributed by atoms with Crippen LogP contribution in [0.3, 0.4) is 0 Å². The number of pyridine rings is 1. The van der Waals surface area contributed by atoms with Crippen molar-refractivity contribution >= 4 is 34.3 Å². The number of rotatable bonds is 7. The van der Waals surface area contributed by atoms with Gasteiger partial charge in [0, 0.05) is 62.0 Å². The van der Waals surface area contributed by atoms with Gasteiger partial charge in [0.25, 0.3) is 5.91 Å². The van der Waals surface area contributed by atoms with E-state index >= 15 is 0 Å². The van der Waals surface area contributed by atoms with Crippen LogP contribution in [0.1, 0.15) is 37.7 Å². The minimum absolute atomic E-state index is 0.0337. The number of hydrogen-bond acceptors (Lipinski definition) is 6. The molecule has 1 atom stereocenters. The molecule has 44 heavy (non-hydrogen) atoms. The van der Waals surface area contributed by atoms with Crippen molar-refractivity contribution in [3.05, 3.63) is 66.5 Å². The molecule has 7 rings (SSSR count). The molecule has 9 nitrogen and oxygen atoms in total. The molecule has 1 spiro atoms. The van der Waals surface area contributed by atoms with Crippen molar-refractivity contribution < 1.29 is 14.4 Å². The molecule has 1 saturated carbocycles. The second-order valence-electron chi connectivity index (χ2n) is 13.2. The average molecular weight is 593 g/mol. The SMILES string of the molecule is CN(C)CC(=O)N1CCC2(CC1)N=C(c1ccc(-c3ccc4cnccc4c3)cc1)N(C[C@@H]1CCN(C(=O)C3CC3)C1)C2=O. The van der Waals surface area contributed by atoms with Crippen LogP contribution in [0.25, 0.3) is 21.9 Å². The van der Waals surface area contributed by atoms with E-state index in [-0.39, 0.29) is 29.6 Å². The fourth-order valence-electron chi connectivity index (χ4n) is 6.97. The molecule has 0 N–H and O–H groups in total. The van der Waals surface area contributed by atoms with Gasteiger partial charge in [-0.3, -0.25) is 29.3 Å². The molecule has 0 radical (unpaired) electrons. The van der Waals surface area contributed by atoms with Gasteiger partial charge in [-0.1, -0.05) is 36.4 Å². The van der Waals surface area contributed by atoms with Crippen molar-refractivity contribution in [1.82, 2.24) is 24.6 Å². The van der Waals surface area contributed by atoms with Crippen molar-refractivity contribution in [3.63, 3.8) is 0 Å². The van der Waals surface area contributed by atoms with E-state index in [1.54, 1.807) is 0 Å². The number of nitrogens with zero attached hydrogens (tertiary/aromatic N) is 6. The van der Waals surface area contributed by atoms with Gasteiger partial charge in [-0.2, -0.15) is 0 Å². The van der Waals surface area contributed by atoms with E-state index in [0.29, 0.717) is 51.4 Å². The van der Waals surface area contributed by atoms with Gasteiger partial charge in [-0.25, -0.2) is 0 Å². The summed E-state index contributed by atoms with van der Waals surface area (Å²) in [4.78, 5) is 56.8. The summed E-state index contributed by atoms with van der Waals surface area (Å²) in [5, 5.41) is 2.24. The molecule has 4 aliphatic rings. The third-order valence-corrected chi connectivity index (χ3v) is 9.70. The fraction of sp³-hybridized carbons (Fsp3) is 0.457. The molecule has 0 bridgehead atoms. The zero-order chi connectivity index (χ0) is 30.4. The third-order valence-electron chi connectivity index (χ3n) is 9.70. The maximum Gasteiger partial charge on any atom is 0.256 e. The molecule has 3 aromatic rings. The number of amides is 3. The smallest absolute Gasteiger partial charge is 0.256 e. The first-order chi connectivity index (χ1) is 21.3. The zero-order valence-corrected chi connectivity index (χ0v) is 25.6. The summed E-state index contributed by atoms with van der Waals surface area (Å²) in [5.41, 5.74) is 2.28. The molecule has 4 heterocycles. The Kier molecular flexibility index (Phi) is 7.44. The molecule has 3 aliphatic heterocycles. The predicted octanol–water partition coefficient (Wildman–Crippen LogP) is 3.67. The molecule has 1 aliphatic carbocycles. The van der Waals surface area contributed by atoms with Crippen LogP contribution in [-0.2, 0) is 14.4 Å². The quantitative estimate of drug-likeness (QED) is 0.418.